The lowest BCUT2D eigenvalue weighted by molar-refractivity contribution is 0.350. The Morgan fingerprint density at radius 3 is 2.57 bits per heavy atom. The van der Waals surface area contributed by atoms with Crippen molar-refractivity contribution in [3.05, 3.63) is 70.5 Å². The molecule has 2 aromatic carbocycles. The smallest absolute Gasteiger partial charge is 0.128 e. The van der Waals surface area contributed by atoms with Gasteiger partial charge < -0.3 is 5.11 Å². The molecule has 0 aliphatic rings. The topological polar surface area (TPSA) is 20.2 Å². The van der Waals surface area contributed by atoms with E-state index >= 15 is 0 Å². The van der Waals surface area contributed by atoms with Crippen molar-refractivity contribution in [2.75, 3.05) is 6.61 Å². The molecular weight excluding hydrogens is 283 g/mol. The molecule has 0 atom stereocenters. The van der Waals surface area contributed by atoms with Crippen LogP contribution in [0, 0.1) is 24.6 Å². The first-order valence-corrected chi connectivity index (χ1v) is 7.86. The van der Waals surface area contributed by atoms with Crippen molar-refractivity contribution < 1.29 is 9.50 Å². The van der Waals surface area contributed by atoms with E-state index in [9.17, 15) is 4.39 Å². The van der Waals surface area contributed by atoms with Crippen LogP contribution in [0.25, 0.3) is 0 Å². The first kappa shape index (κ1) is 15.6. The predicted octanol–water partition coefficient (Wildman–Crippen LogP) is 3.91. The molecule has 1 N–H and O–H groups in total. The van der Waals surface area contributed by atoms with Gasteiger partial charge in [-0.25, -0.2) is 4.39 Å². The number of benzene rings is 2. The molecule has 0 heterocycles. The lowest BCUT2D eigenvalue weighted by Crippen LogP contribution is -1.91. The summed E-state index contributed by atoms with van der Waals surface area (Å²) in [5.41, 5.74) is 3.82. The molecule has 21 heavy (non-hydrogen) atoms. The van der Waals surface area contributed by atoms with Crippen LogP contribution in [0.1, 0.15) is 22.3 Å². The van der Waals surface area contributed by atoms with Crippen LogP contribution in [0.3, 0.4) is 0 Å². The van der Waals surface area contributed by atoms with E-state index in [0.717, 1.165) is 5.75 Å². The molecule has 0 unspecified atom stereocenters. The fourth-order valence-electron chi connectivity index (χ4n) is 1.93. The van der Waals surface area contributed by atoms with Gasteiger partial charge in [0, 0.05) is 17.1 Å². The average Bonchev–Trinajstić information content (AvgIpc) is 2.49. The minimum absolute atomic E-state index is 0.213. The highest BCUT2D eigenvalue weighted by Crippen LogP contribution is 2.22. The molecule has 2 rings (SSSR count). The summed E-state index contributed by atoms with van der Waals surface area (Å²) in [6.45, 7) is 1.88. The summed E-state index contributed by atoms with van der Waals surface area (Å²) in [6, 6.07) is 13.2. The fraction of sp³-hybridized carbons (Fsp3) is 0.222. The summed E-state index contributed by atoms with van der Waals surface area (Å²) in [5, 5.41) is 8.63. The maximum Gasteiger partial charge on any atom is 0.128 e. The van der Waals surface area contributed by atoms with Crippen molar-refractivity contribution >= 4 is 11.8 Å². The molecule has 0 amide bonds. The summed E-state index contributed by atoms with van der Waals surface area (Å²) in [5.74, 6) is 6.49. The molecule has 0 radical (unpaired) electrons. The maximum atomic E-state index is 13.9. The number of halogens is 1. The van der Waals surface area contributed by atoms with Crippen LogP contribution >= 0.6 is 11.8 Å². The van der Waals surface area contributed by atoms with Crippen LogP contribution < -0.4 is 0 Å². The van der Waals surface area contributed by atoms with Crippen LogP contribution in [0.5, 0.6) is 0 Å². The zero-order valence-corrected chi connectivity index (χ0v) is 12.7. The van der Waals surface area contributed by atoms with E-state index in [4.69, 9.17) is 5.11 Å². The number of aliphatic hydroxyl groups is 1. The number of rotatable bonds is 4. The van der Waals surface area contributed by atoms with E-state index in [0.29, 0.717) is 16.9 Å². The SMILES string of the molecule is Cc1ccccc1CSCc1ccc(C#CCO)cc1F. The Bertz CT molecular complexity index is 670. The normalized spacial score (nSPS) is 10.0. The van der Waals surface area contributed by atoms with Crippen molar-refractivity contribution in [2.45, 2.75) is 18.4 Å². The molecule has 0 aliphatic heterocycles. The van der Waals surface area contributed by atoms with Crippen LogP contribution in [-0.4, -0.2) is 11.7 Å². The van der Waals surface area contributed by atoms with Gasteiger partial charge in [0.2, 0.25) is 0 Å². The molecule has 0 saturated carbocycles. The molecule has 0 aliphatic carbocycles. The van der Waals surface area contributed by atoms with E-state index in [-0.39, 0.29) is 12.4 Å². The monoisotopic (exact) mass is 300 g/mol. The molecular formula is C18H17FOS. The summed E-state index contributed by atoms with van der Waals surface area (Å²) in [6.07, 6.45) is 0. The molecule has 0 spiro atoms. The summed E-state index contributed by atoms with van der Waals surface area (Å²) in [7, 11) is 0. The number of thioether (sulfide) groups is 1. The fourth-order valence-corrected chi connectivity index (χ4v) is 3.03. The number of aryl methyl sites for hydroxylation is 1. The highest BCUT2D eigenvalue weighted by Gasteiger charge is 2.04. The Hall–Kier alpha value is -1.76. The van der Waals surface area contributed by atoms with Gasteiger partial charge in [0.05, 0.1) is 0 Å². The molecule has 0 aromatic heterocycles. The molecule has 1 nitrogen and oxygen atoms in total. The van der Waals surface area contributed by atoms with Crippen LogP contribution in [0.2, 0.25) is 0 Å². The quantitative estimate of drug-likeness (QED) is 0.864. The molecule has 3 heteroatoms. The van der Waals surface area contributed by atoms with Crippen LogP contribution in [0.4, 0.5) is 4.39 Å². The van der Waals surface area contributed by atoms with Crippen LogP contribution in [-0.2, 0) is 11.5 Å². The highest BCUT2D eigenvalue weighted by molar-refractivity contribution is 7.97. The molecule has 0 fully saturated rings. The van der Waals surface area contributed by atoms with Gasteiger partial charge in [-0.2, -0.15) is 11.8 Å². The van der Waals surface area contributed by atoms with Crippen molar-refractivity contribution in [1.29, 1.82) is 0 Å². The zero-order chi connectivity index (χ0) is 15.1. The van der Waals surface area contributed by atoms with Crippen molar-refractivity contribution in [1.82, 2.24) is 0 Å². The lowest BCUT2D eigenvalue weighted by atomic mass is 10.1. The van der Waals surface area contributed by atoms with E-state index in [1.165, 1.54) is 17.2 Å². The van der Waals surface area contributed by atoms with E-state index in [2.05, 4.69) is 30.9 Å². The van der Waals surface area contributed by atoms with Gasteiger partial charge in [-0.05, 0) is 35.7 Å². The minimum Gasteiger partial charge on any atom is -0.384 e. The van der Waals surface area contributed by atoms with E-state index in [1.54, 1.807) is 23.9 Å². The maximum absolute atomic E-state index is 13.9. The summed E-state index contributed by atoms with van der Waals surface area (Å²) < 4.78 is 13.9. The molecule has 0 saturated heterocycles. The second-order valence-electron chi connectivity index (χ2n) is 4.69. The van der Waals surface area contributed by atoms with Crippen LogP contribution in [0.15, 0.2) is 42.5 Å². The first-order chi connectivity index (χ1) is 10.2. The Balaban J connectivity index is 1.96. The van der Waals surface area contributed by atoms with E-state index in [1.807, 2.05) is 12.1 Å². The Labute approximate surface area is 129 Å². The summed E-state index contributed by atoms with van der Waals surface area (Å²) >= 11 is 1.70. The minimum atomic E-state index is -0.239. The van der Waals surface area contributed by atoms with Gasteiger partial charge in [-0.15, -0.1) is 0 Å². The van der Waals surface area contributed by atoms with Gasteiger partial charge in [0.1, 0.15) is 12.4 Å². The van der Waals surface area contributed by atoms with E-state index < -0.39 is 0 Å². The highest BCUT2D eigenvalue weighted by atomic mass is 32.2. The van der Waals surface area contributed by atoms with Crippen molar-refractivity contribution in [3.8, 4) is 11.8 Å². The standard InChI is InChI=1S/C18H17FOS/c1-14-5-2-3-7-16(14)12-21-13-17-9-8-15(6-4-10-20)11-18(17)19/h2-3,5,7-9,11,20H,10,12-13H2,1H3. The predicted molar refractivity (Wildman–Crippen MR) is 86.5 cm³/mol. The average molecular weight is 300 g/mol. The van der Waals surface area contributed by atoms with Gasteiger partial charge in [-0.1, -0.05) is 42.2 Å². The van der Waals surface area contributed by atoms with Crippen molar-refractivity contribution in [3.63, 3.8) is 0 Å². The third-order valence-corrected chi connectivity index (χ3v) is 4.17. The number of hydrogen-bond donors (Lipinski definition) is 1. The lowest BCUT2D eigenvalue weighted by Gasteiger charge is -2.06. The zero-order valence-electron chi connectivity index (χ0n) is 11.9. The van der Waals surface area contributed by atoms with Crippen molar-refractivity contribution in [2.24, 2.45) is 0 Å². The van der Waals surface area contributed by atoms with Gasteiger partial charge in [0.25, 0.3) is 0 Å². The second-order valence-corrected chi connectivity index (χ2v) is 5.67. The third kappa shape index (κ3) is 4.63. The summed E-state index contributed by atoms with van der Waals surface area (Å²) in [4.78, 5) is 0. The van der Waals surface area contributed by atoms with Gasteiger partial charge >= 0.3 is 0 Å². The first-order valence-electron chi connectivity index (χ1n) is 6.71. The Morgan fingerprint density at radius 1 is 1.10 bits per heavy atom. The molecule has 108 valence electrons. The number of hydrogen-bond acceptors (Lipinski definition) is 2. The van der Waals surface area contributed by atoms with Gasteiger partial charge in [-0.3, -0.25) is 0 Å². The van der Waals surface area contributed by atoms with Gasteiger partial charge in [0.15, 0.2) is 0 Å². The largest absolute Gasteiger partial charge is 0.384 e. The number of aliphatic hydroxyl groups excluding tert-OH is 1. The molecule has 2 aromatic rings. The second kappa shape index (κ2) is 7.87. The third-order valence-electron chi connectivity index (χ3n) is 3.14. The molecule has 0 bridgehead atoms. The Morgan fingerprint density at radius 2 is 1.86 bits per heavy atom. The Kier molecular flexibility index (Phi) is 5.86.